The van der Waals surface area contributed by atoms with Crippen LogP contribution in [-0.2, 0) is 24.3 Å². The maximum atomic E-state index is 10.6. The fourth-order valence-electron chi connectivity index (χ4n) is 2.58. The van der Waals surface area contributed by atoms with E-state index in [-0.39, 0.29) is 6.42 Å². The zero-order valence-corrected chi connectivity index (χ0v) is 13.4. The quantitative estimate of drug-likeness (QED) is 0.824. The number of nitrogens with one attached hydrogen (secondary N) is 1. The van der Waals surface area contributed by atoms with Crippen LogP contribution in [0.3, 0.4) is 0 Å². The molecule has 0 saturated carbocycles. The third-order valence-corrected chi connectivity index (χ3v) is 3.85. The highest BCUT2D eigenvalue weighted by Gasteiger charge is 2.10. The molecule has 2 rings (SSSR count). The van der Waals surface area contributed by atoms with E-state index in [1.54, 1.807) is 0 Å². The molecule has 22 heavy (non-hydrogen) atoms. The molecule has 0 unspecified atom stereocenters. The number of aryl methyl sites for hydroxylation is 3. The summed E-state index contributed by atoms with van der Waals surface area (Å²) in [4.78, 5) is 10.6. The molecule has 0 aliphatic rings. The van der Waals surface area contributed by atoms with Crippen molar-refractivity contribution in [2.24, 2.45) is 0 Å². The topological polar surface area (TPSA) is 67.2 Å². The molecule has 1 aromatic carbocycles. The van der Waals surface area contributed by atoms with Gasteiger partial charge in [0.2, 0.25) is 0 Å². The first-order valence-corrected chi connectivity index (χ1v) is 7.58. The predicted molar refractivity (Wildman–Crippen MR) is 87.1 cm³/mol. The van der Waals surface area contributed by atoms with Crippen LogP contribution < -0.4 is 5.32 Å². The van der Waals surface area contributed by atoms with Gasteiger partial charge in [-0.25, -0.2) is 0 Å². The van der Waals surface area contributed by atoms with E-state index in [0.29, 0.717) is 6.42 Å². The second kappa shape index (κ2) is 7.11. The van der Waals surface area contributed by atoms with Gasteiger partial charge in [0.1, 0.15) is 0 Å². The molecular formula is C17H23N3O2. The van der Waals surface area contributed by atoms with Gasteiger partial charge in [0.25, 0.3) is 0 Å². The van der Waals surface area contributed by atoms with Crippen LogP contribution in [0.1, 0.15) is 35.9 Å². The van der Waals surface area contributed by atoms with Gasteiger partial charge in [0.05, 0.1) is 5.69 Å². The van der Waals surface area contributed by atoms with Crippen molar-refractivity contribution in [3.8, 4) is 0 Å². The number of aliphatic carboxylic acids is 1. The second-order valence-corrected chi connectivity index (χ2v) is 5.41. The molecule has 0 spiro atoms. The number of hydrogen-bond acceptors (Lipinski definition) is 3. The van der Waals surface area contributed by atoms with Crippen LogP contribution in [0.4, 0.5) is 5.69 Å². The average Bonchev–Trinajstić information content (AvgIpc) is 2.77. The van der Waals surface area contributed by atoms with Gasteiger partial charge in [0, 0.05) is 36.5 Å². The highest BCUT2D eigenvalue weighted by atomic mass is 16.4. The van der Waals surface area contributed by atoms with Gasteiger partial charge in [-0.1, -0.05) is 12.1 Å². The first-order valence-electron chi connectivity index (χ1n) is 7.58. The smallest absolute Gasteiger partial charge is 0.303 e. The SMILES string of the molecule is CCn1nc(C)c(CNc2cccc(CCC(=O)O)c2)c1C. The Kier molecular flexibility index (Phi) is 5.20. The Hall–Kier alpha value is -2.30. The van der Waals surface area contributed by atoms with Crippen molar-refractivity contribution in [3.05, 3.63) is 46.8 Å². The fraction of sp³-hybridized carbons (Fsp3) is 0.412. The largest absolute Gasteiger partial charge is 0.481 e. The van der Waals surface area contributed by atoms with Gasteiger partial charge < -0.3 is 10.4 Å². The molecule has 0 fully saturated rings. The summed E-state index contributed by atoms with van der Waals surface area (Å²) in [6.45, 7) is 7.79. The van der Waals surface area contributed by atoms with Crippen LogP contribution >= 0.6 is 0 Å². The number of hydrogen-bond donors (Lipinski definition) is 2. The number of carboxylic acids is 1. The molecular weight excluding hydrogens is 278 g/mol. The molecule has 0 saturated heterocycles. The number of nitrogens with zero attached hydrogens (tertiary/aromatic N) is 2. The van der Waals surface area contributed by atoms with Crippen LogP contribution in [0.2, 0.25) is 0 Å². The van der Waals surface area contributed by atoms with E-state index in [1.807, 2.05) is 35.9 Å². The first-order chi connectivity index (χ1) is 10.5. The number of anilines is 1. The number of aromatic nitrogens is 2. The van der Waals surface area contributed by atoms with E-state index in [4.69, 9.17) is 5.11 Å². The predicted octanol–water partition coefficient (Wildman–Crippen LogP) is 3.15. The molecule has 0 bridgehead atoms. The van der Waals surface area contributed by atoms with Gasteiger partial charge in [-0.2, -0.15) is 5.10 Å². The average molecular weight is 301 g/mol. The lowest BCUT2D eigenvalue weighted by molar-refractivity contribution is -0.136. The van der Waals surface area contributed by atoms with E-state index in [2.05, 4.69) is 24.3 Å². The molecule has 0 aliphatic heterocycles. The van der Waals surface area contributed by atoms with E-state index in [9.17, 15) is 4.79 Å². The van der Waals surface area contributed by atoms with Crippen molar-refractivity contribution in [2.45, 2.75) is 46.7 Å². The summed E-state index contributed by atoms with van der Waals surface area (Å²) in [5.41, 5.74) is 5.50. The van der Waals surface area contributed by atoms with Gasteiger partial charge in [-0.15, -0.1) is 0 Å². The van der Waals surface area contributed by atoms with Crippen molar-refractivity contribution >= 4 is 11.7 Å². The van der Waals surface area contributed by atoms with Crippen molar-refractivity contribution in [3.63, 3.8) is 0 Å². The highest BCUT2D eigenvalue weighted by molar-refractivity contribution is 5.67. The van der Waals surface area contributed by atoms with Crippen LogP contribution in [0.25, 0.3) is 0 Å². The number of carbonyl (C=O) groups is 1. The van der Waals surface area contributed by atoms with Crippen molar-refractivity contribution < 1.29 is 9.90 Å². The maximum absolute atomic E-state index is 10.6. The third-order valence-electron chi connectivity index (χ3n) is 3.85. The third kappa shape index (κ3) is 3.87. The molecule has 118 valence electrons. The lowest BCUT2D eigenvalue weighted by atomic mass is 10.1. The summed E-state index contributed by atoms with van der Waals surface area (Å²) in [5, 5.41) is 16.7. The van der Waals surface area contributed by atoms with Gasteiger partial charge in [-0.05, 0) is 44.9 Å². The Labute approximate surface area is 131 Å². The fourth-order valence-corrected chi connectivity index (χ4v) is 2.58. The maximum Gasteiger partial charge on any atom is 0.303 e. The Morgan fingerprint density at radius 1 is 1.36 bits per heavy atom. The van der Waals surface area contributed by atoms with Gasteiger partial charge in [-0.3, -0.25) is 9.48 Å². The lowest BCUT2D eigenvalue weighted by Crippen LogP contribution is -2.04. The molecule has 0 aliphatic carbocycles. The Morgan fingerprint density at radius 2 is 2.14 bits per heavy atom. The van der Waals surface area contributed by atoms with E-state index in [0.717, 1.165) is 30.0 Å². The summed E-state index contributed by atoms with van der Waals surface area (Å²) in [6, 6.07) is 7.92. The Bertz CT molecular complexity index is 662. The summed E-state index contributed by atoms with van der Waals surface area (Å²) >= 11 is 0. The standard InChI is InChI=1S/C17H23N3O2/c1-4-20-13(3)16(12(2)19-20)11-18-15-7-5-6-14(10-15)8-9-17(21)22/h5-7,10,18H,4,8-9,11H2,1-3H3,(H,21,22). The second-order valence-electron chi connectivity index (χ2n) is 5.41. The molecule has 0 atom stereocenters. The monoisotopic (exact) mass is 301 g/mol. The molecule has 1 aromatic heterocycles. The minimum Gasteiger partial charge on any atom is -0.481 e. The zero-order valence-electron chi connectivity index (χ0n) is 13.4. The van der Waals surface area contributed by atoms with Gasteiger partial charge >= 0.3 is 5.97 Å². The molecule has 1 heterocycles. The summed E-state index contributed by atoms with van der Waals surface area (Å²) in [7, 11) is 0. The summed E-state index contributed by atoms with van der Waals surface area (Å²) < 4.78 is 2.01. The van der Waals surface area contributed by atoms with Crippen LogP contribution in [0.5, 0.6) is 0 Å². The number of rotatable bonds is 7. The Balaban J connectivity index is 2.04. The van der Waals surface area contributed by atoms with Crippen molar-refractivity contribution in [1.82, 2.24) is 9.78 Å². The Morgan fingerprint density at radius 3 is 2.77 bits per heavy atom. The molecule has 2 N–H and O–H groups in total. The van der Waals surface area contributed by atoms with Crippen molar-refractivity contribution in [2.75, 3.05) is 5.32 Å². The molecule has 5 heteroatoms. The van der Waals surface area contributed by atoms with E-state index in [1.165, 1.54) is 11.3 Å². The van der Waals surface area contributed by atoms with Crippen LogP contribution in [0.15, 0.2) is 24.3 Å². The van der Waals surface area contributed by atoms with E-state index < -0.39 is 5.97 Å². The lowest BCUT2D eigenvalue weighted by Gasteiger charge is -2.09. The summed E-state index contributed by atoms with van der Waals surface area (Å²) in [5.74, 6) is -0.767. The van der Waals surface area contributed by atoms with Crippen molar-refractivity contribution in [1.29, 1.82) is 0 Å². The zero-order chi connectivity index (χ0) is 16.1. The van der Waals surface area contributed by atoms with Crippen LogP contribution in [0, 0.1) is 13.8 Å². The molecule has 0 amide bonds. The number of benzene rings is 1. The number of carboxylic acid groups (broad SMARTS) is 1. The van der Waals surface area contributed by atoms with Crippen LogP contribution in [-0.4, -0.2) is 20.9 Å². The summed E-state index contributed by atoms with van der Waals surface area (Å²) in [6.07, 6.45) is 0.710. The molecule has 2 aromatic rings. The van der Waals surface area contributed by atoms with E-state index >= 15 is 0 Å². The first kappa shape index (κ1) is 16.1. The minimum atomic E-state index is -0.767. The normalized spacial score (nSPS) is 10.7. The molecule has 0 radical (unpaired) electrons. The molecule has 5 nitrogen and oxygen atoms in total. The van der Waals surface area contributed by atoms with Gasteiger partial charge in [0.15, 0.2) is 0 Å². The minimum absolute atomic E-state index is 0.158. The highest BCUT2D eigenvalue weighted by Crippen LogP contribution is 2.17.